The van der Waals surface area contributed by atoms with E-state index in [9.17, 15) is 0 Å². The second-order valence-corrected chi connectivity index (χ2v) is 7.27. The molecule has 0 saturated heterocycles. The third-order valence-corrected chi connectivity index (χ3v) is 3.86. The summed E-state index contributed by atoms with van der Waals surface area (Å²) in [5, 5.41) is 4.74. The van der Waals surface area contributed by atoms with Crippen molar-refractivity contribution in [1.29, 1.82) is 0 Å². The molecule has 2 nitrogen and oxygen atoms in total. The molecule has 0 bridgehead atoms. The molecule has 2 aromatic rings. The number of benzene rings is 1. The minimum absolute atomic E-state index is 0.0519. The zero-order valence-electron chi connectivity index (χ0n) is 13.0. The lowest BCUT2D eigenvalue weighted by Gasteiger charge is -2.21. The number of hydrogen-bond acceptors (Lipinski definition) is 2. The maximum atomic E-state index is 4.90. The molecule has 20 heavy (non-hydrogen) atoms. The lowest BCUT2D eigenvalue weighted by molar-refractivity contribution is 0.571. The molecular weight excluding hydrogens is 312 g/mol. The Morgan fingerprint density at radius 3 is 2.50 bits per heavy atom. The minimum Gasteiger partial charge on any atom is -0.384 e. The maximum Gasteiger partial charge on any atom is 0.0756 e. The van der Waals surface area contributed by atoms with Crippen molar-refractivity contribution in [2.45, 2.75) is 46.5 Å². The van der Waals surface area contributed by atoms with Gasteiger partial charge in [0.15, 0.2) is 0 Å². The standard InChI is InChI=1S/C17H23BrN2/c1-6-7-19-14-10-15(17(3,4)5)20-16-11(2)8-12(18)9-13(14)16/h8-10H,6-7H2,1-5H3,(H,19,20). The summed E-state index contributed by atoms with van der Waals surface area (Å²) < 4.78 is 1.10. The van der Waals surface area contributed by atoms with Crippen molar-refractivity contribution in [3.63, 3.8) is 0 Å². The number of anilines is 1. The van der Waals surface area contributed by atoms with Gasteiger partial charge in [-0.1, -0.05) is 43.6 Å². The zero-order valence-corrected chi connectivity index (χ0v) is 14.6. The first kappa shape index (κ1) is 15.3. The van der Waals surface area contributed by atoms with Crippen molar-refractivity contribution in [2.24, 2.45) is 0 Å². The van der Waals surface area contributed by atoms with E-state index in [0.29, 0.717) is 0 Å². The number of nitrogens with one attached hydrogen (secondary N) is 1. The van der Waals surface area contributed by atoms with E-state index in [-0.39, 0.29) is 5.41 Å². The largest absolute Gasteiger partial charge is 0.384 e. The van der Waals surface area contributed by atoms with Gasteiger partial charge in [0.25, 0.3) is 0 Å². The monoisotopic (exact) mass is 334 g/mol. The van der Waals surface area contributed by atoms with E-state index in [1.54, 1.807) is 0 Å². The van der Waals surface area contributed by atoms with Crippen LogP contribution in [0.3, 0.4) is 0 Å². The second kappa shape index (κ2) is 5.72. The number of halogens is 1. The van der Waals surface area contributed by atoms with E-state index in [1.165, 1.54) is 16.6 Å². The van der Waals surface area contributed by atoms with E-state index >= 15 is 0 Å². The van der Waals surface area contributed by atoms with Crippen molar-refractivity contribution >= 4 is 32.5 Å². The van der Waals surface area contributed by atoms with Crippen LogP contribution in [0.25, 0.3) is 10.9 Å². The topological polar surface area (TPSA) is 24.9 Å². The fraction of sp³-hybridized carbons (Fsp3) is 0.471. The number of fused-ring (bicyclic) bond motifs is 1. The van der Waals surface area contributed by atoms with Crippen LogP contribution in [-0.4, -0.2) is 11.5 Å². The quantitative estimate of drug-likeness (QED) is 0.809. The molecule has 1 heterocycles. The molecular formula is C17H23BrN2. The summed E-state index contributed by atoms with van der Waals surface area (Å²) in [6, 6.07) is 6.48. The molecule has 3 heteroatoms. The third-order valence-electron chi connectivity index (χ3n) is 3.40. The van der Waals surface area contributed by atoms with E-state index in [2.05, 4.69) is 74.1 Å². The fourth-order valence-corrected chi connectivity index (χ4v) is 2.82. The molecule has 1 N–H and O–H groups in total. The second-order valence-electron chi connectivity index (χ2n) is 6.35. The van der Waals surface area contributed by atoms with Crippen LogP contribution in [0.2, 0.25) is 0 Å². The summed E-state index contributed by atoms with van der Waals surface area (Å²) in [6.45, 7) is 11.9. The van der Waals surface area contributed by atoms with Crippen molar-refractivity contribution < 1.29 is 0 Å². The Morgan fingerprint density at radius 2 is 1.90 bits per heavy atom. The lowest BCUT2D eigenvalue weighted by Crippen LogP contribution is -2.15. The van der Waals surface area contributed by atoms with Crippen molar-refractivity contribution in [2.75, 3.05) is 11.9 Å². The molecule has 0 atom stereocenters. The first-order valence-corrected chi connectivity index (χ1v) is 7.97. The molecule has 0 aliphatic carbocycles. The summed E-state index contributed by atoms with van der Waals surface area (Å²) in [5.41, 5.74) is 4.68. The van der Waals surface area contributed by atoms with E-state index < -0.39 is 0 Å². The lowest BCUT2D eigenvalue weighted by atomic mass is 9.90. The van der Waals surface area contributed by atoms with Crippen LogP contribution in [0.4, 0.5) is 5.69 Å². The molecule has 0 radical (unpaired) electrons. The molecule has 0 unspecified atom stereocenters. The van der Waals surface area contributed by atoms with Gasteiger partial charge in [0, 0.05) is 33.2 Å². The first-order valence-electron chi connectivity index (χ1n) is 7.18. The average Bonchev–Trinajstić information content (AvgIpc) is 2.34. The van der Waals surface area contributed by atoms with Gasteiger partial charge in [0.1, 0.15) is 0 Å². The fourth-order valence-electron chi connectivity index (χ4n) is 2.25. The molecule has 0 spiro atoms. The number of aryl methyl sites for hydroxylation is 1. The molecule has 108 valence electrons. The number of hydrogen-bond donors (Lipinski definition) is 1. The highest BCUT2D eigenvalue weighted by molar-refractivity contribution is 9.10. The summed E-state index contributed by atoms with van der Waals surface area (Å²) in [6.07, 6.45) is 1.11. The smallest absolute Gasteiger partial charge is 0.0756 e. The van der Waals surface area contributed by atoms with Gasteiger partial charge in [-0.3, -0.25) is 4.98 Å². The van der Waals surface area contributed by atoms with E-state index in [1.807, 2.05) is 0 Å². The van der Waals surface area contributed by atoms with Gasteiger partial charge in [-0.05, 0) is 37.1 Å². The predicted molar refractivity (Wildman–Crippen MR) is 91.7 cm³/mol. The summed E-state index contributed by atoms with van der Waals surface area (Å²) >= 11 is 3.59. The highest BCUT2D eigenvalue weighted by atomic mass is 79.9. The van der Waals surface area contributed by atoms with Crippen LogP contribution in [-0.2, 0) is 5.41 Å². The molecule has 0 aliphatic rings. The van der Waals surface area contributed by atoms with E-state index in [4.69, 9.17) is 4.98 Å². The van der Waals surface area contributed by atoms with Crippen LogP contribution >= 0.6 is 15.9 Å². The molecule has 1 aromatic carbocycles. The number of aromatic nitrogens is 1. The van der Waals surface area contributed by atoms with Crippen LogP contribution in [0.1, 0.15) is 45.4 Å². The van der Waals surface area contributed by atoms with Crippen molar-refractivity contribution in [3.8, 4) is 0 Å². The Bertz CT molecular complexity index is 627. The van der Waals surface area contributed by atoms with Crippen LogP contribution in [0, 0.1) is 6.92 Å². The number of nitrogens with zero attached hydrogens (tertiary/aromatic N) is 1. The van der Waals surface area contributed by atoms with Gasteiger partial charge < -0.3 is 5.32 Å². The number of rotatable bonds is 3. The van der Waals surface area contributed by atoms with Crippen LogP contribution in [0.5, 0.6) is 0 Å². The van der Waals surface area contributed by atoms with Gasteiger partial charge in [0.05, 0.1) is 5.52 Å². The van der Waals surface area contributed by atoms with E-state index in [0.717, 1.165) is 28.6 Å². The normalized spacial score (nSPS) is 11.9. The van der Waals surface area contributed by atoms with Crippen LogP contribution < -0.4 is 5.32 Å². The predicted octanol–water partition coefficient (Wildman–Crippen LogP) is 5.43. The Labute approximate surface area is 130 Å². The number of pyridine rings is 1. The highest BCUT2D eigenvalue weighted by Gasteiger charge is 2.18. The van der Waals surface area contributed by atoms with Gasteiger partial charge in [0.2, 0.25) is 0 Å². The Kier molecular flexibility index (Phi) is 4.38. The zero-order chi connectivity index (χ0) is 14.9. The van der Waals surface area contributed by atoms with Gasteiger partial charge in [-0.15, -0.1) is 0 Å². The Hall–Kier alpha value is -1.09. The molecule has 2 rings (SSSR count). The molecule has 1 aromatic heterocycles. The third kappa shape index (κ3) is 3.14. The van der Waals surface area contributed by atoms with Crippen molar-refractivity contribution in [1.82, 2.24) is 4.98 Å². The molecule has 0 aliphatic heterocycles. The molecule has 0 saturated carbocycles. The summed E-state index contributed by atoms with van der Waals surface area (Å²) in [5.74, 6) is 0. The Morgan fingerprint density at radius 1 is 1.20 bits per heavy atom. The molecule has 0 fully saturated rings. The summed E-state index contributed by atoms with van der Waals surface area (Å²) in [7, 11) is 0. The first-order chi connectivity index (χ1) is 9.32. The molecule has 0 amide bonds. The summed E-state index contributed by atoms with van der Waals surface area (Å²) in [4.78, 5) is 4.90. The van der Waals surface area contributed by atoms with Crippen LogP contribution in [0.15, 0.2) is 22.7 Å². The van der Waals surface area contributed by atoms with Gasteiger partial charge in [-0.2, -0.15) is 0 Å². The maximum absolute atomic E-state index is 4.90. The minimum atomic E-state index is 0.0519. The highest BCUT2D eigenvalue weighted by Crippen LogP contribution is 2.32. The SMILES string of the molecule is CCCNc1cc(C(C)(C)C)nc2c(C)cc(Br)cc12. The Balaban J connectivity index is 2.71. The van der Waals surface area contributed by atoms with Gasteiger partial charge in [-0.25, -0.2) is 0 Å². The van der Waals surface area contributed by atoms with Crippen molar-refractivity contribution in [3.05, 3.63) is 33.9 Å². The average molecular weight is 335 g/mol. The van der Waals surface area contributed by atoms with Gasteiger partial charge >= 0.3 is 0 Å².